The lowest BCUT2D eigenvalue weighted by atomic mass is 9.95. The molecule has 0 aliphatic heterocycles. The van der Waals surface area contributed by atoms with E-state index in [1.807, 2.05) is 18.2 Å². The molecular formula is C17H21ClN2O. The number of unbranched alkanes of at least 4 members (excludes halogenated alkanes) is 1. The van der Waals surface area contributed by atoms with Gasteiger partial charge in [-0.05, 0) is 43.0 Å². The Balaban J connectivity index is 1.75. The van der Waals surface area contributed by atoms with Crippen molar-refractivity contribution in [2.45, 2.75) is 44.4 Å². The summed E-state index contributed by atoms with van der Waals surface area (Å²) in [5, 5.41) is 5.04. The Morgan fingerprint density at radius 2 is 2.24 bits per heavy atom. The van der Waals surface area contributed by atoms with Crippen LogP contribution in [0.25, 0.3) is 10.9 Å². The van der Waals surface area contributed by atoms with Gasteiger partial charge in [-0.1, -0.05) is 24.9 Å². The Labute approximate surface area is 130 Å². The van der Waals surface area contributed by atoms with Gasteiger partial charge in [0.2, 0.25) is 5.91 Å². The van der Waals surface area contributed by atoms with Crippen LogP contribution in [0.5, 0.6) is 0 Å². The van der Waals surface area contributed by atoms with E-state index in [2.05, 4.69) is 23.4 Å². The number of amides is 1. The normalized spacial score (nSPS) is 16.1. The molecule has 1 saturated carbocycles. The number of hydrogen-bond donors (Lipinski definition) is 2. The molecule has 1 aliphatic rings. The molecule has 2 aromatic rings. The third-order valence-electron chi connectivity index (χ3n) is 4.45. The molecule has 1 aromatic carbocycles. The molecule has 1 aromatic heterocycles. The number of carbonyl (C=O) groups is 1. The van der Waals surface area contributed by atoms with Gasteiger partial charge in [0.1, 0.15) is 0 Å². The molecule has 21 heavy (non-hydrogen) atoms. The fourth-order valence-electron chi connectivity index (χ4n) is 2.92. The zero-order valence-corrected chi connectivity index (χ0v) is 13.1. The largest absolute Gasteiger partial charge is 0.361 e. The van der Waals surface area contributed by atoms with E-state index in [9.17, 15) is 4.79 Å². The van der Waals surface area contributed by atoms with Crippen molar-refractivity contribution in [3.63, 3.8) is 0 Å². The van der Waals surface area contributed by atoms with Gasteiger partial charge in [0.05, 0.1) is 0 Å². The van der Waals surface area contributed by atoms with Crippen molar-refractivity contribution >= 4 is 28.4 Å². The molecule has 0 atom stereocenters. The smallest absolute Gasteiger partial charge is 0.220 e. The molecule has 3 nitrogen and oxygen atoms in total. The summed E-state index contributed by atoms with van der Waals surface area (Å²) in [6.45, 7) is 2.83. The molecule has 4 heteroatoms. The first-order valence-electron chi connectivity index (χ1n) is 7.68. The molecule has 0 radical (unpaired) electrons. The molecular weight excluding hydrogens is 284 g/mol. The van der Waals surface area contributed by atoms with Crippen molar-refractivity contribution in [2.24, 2.45) is 0 Å². The van der Waals surface area contributed by atoms with Gasteiger partial charge >= 0.3 is 0 Å². The summed E-state index contributed by atoms with van der Waals surface area (Å²) in [6.07, 6.45) is 6.97. The third kappa shape index (κ3) is 2.93. The molecule has 3 rings (SSSR count). The third-order valence-corrected chi connectivity index (χ3v) is 4.69. The van der Waals surface area contributed by atoms with E-state index in [1.165, 1.54) is 10.9 Å². The van der Waals surface area contributed by atoms with Crippen LogP contribution in [0.15, 0.2) is 24.4 Å². The van der Waals surface area contributed by atoms with Crippen molar-refractivity contribution in [1.29, 1.82) is 0 Å². The molecule has 0 unspecified atom stereocenters. The lowest BCUT2D eigenvalue weighted by molar-refractivity contribution is -0.121. The van der Waals surface area contributed by atoms with Gasteiger partial charge in [-0.3, -0.25) is 4.79 Å². The zero-order chi connectivity index (χ0) is 14.9. The first-order chi connectivity index (χ1) is 10.1. The van der Waals surface area contributed by atoms with Gasteiger partial charge in [-0.2, -0.15) is 0 Å². The summed E-state index contributed by atoms with van der Waals surface area (Å²) >= 11 is 6.12. The topological polar surface area (TPSA) is 44.9 Å². The maximum Gasteiger partial charge on any atom is 0.220 e. The highest BCUT2D eigenvalue weighted by Crippen LogP contribution is 2.50. The number of nitrogens with one attached hydrogen (secondary N) is 2. The highest BCUT2D eigenvalue weighted by Gasteiger charge is 2.45. The first kappa shape index (κ1) is 14.5. The fourth-order valence-corrected chi connectivity index (χ4v) is 3.09. The second-order valence-electron chi connectivity index (χ2n) is 6.05. The highest BCUT2D eigenvalue weighted by atomic mass is 35.5. The number of H-pyrrole nitrogens is 1. The molecule has 0 spiro atoms. The monoisotopic (exact) mass is 304 g/mol. The predicted molar refractivity (Wildman–Crippen MR) is 86.8 cm³/mol. The Bertz CT molecular complexity index is 658. The average Bonchev–Trinajstić information content (AvgIpc) is 3.15. The average molecular weight is 305 g/mol. The maximum absolute atomic E-state index is 11.8. The lowest BCUT2D eigenvalue weighted by Gasteiger charge is -2.16. The number of fused-ring (bicyclic) bond motifs is 1. The van der Waals surface area contributed by atoms with Crippen LogP contribution in [0.4, 0.5) is 0 Å². The molecule has 112 valence electrons. The van der Waals surface area contributed by atoms with Crippen molar-refractivity contribution < 1.29 is 4.79 Å². The minimum atomic E-state index is 0.102. The summed E-state index contributed by atoms with van der Waals surface area (Å²) in [5.74, 6) is 0.168. The second-order valence-corrected chi connectivity index (χ2v) is 6.49. The standard InChI is InChI=1S/C17H21ClN2O/c1-2-3-4-16(21)20-11-17(7-8-17)14-10-19-15-6-5-12(18)9-13(14)15/h5-6,9-10,19H,2-4,7-8,11H2,1H3,(H,20,21). The van der Waals surface area contributed by atoms with Crippen LogP contribution in [0.3, 0.4) is 0 Å². The Kier molecular flexibility index (Phi) is 3.94. The van der Waals surface area contributed by atoms with Gasteiger partial charge in [-0.15, -0.1) is 0 Å². The van der Waals surface area contributed by atoms with Crippen LogP contribution in [0, 0.1) is 0 Å². The van der Waals surface area contributed by atoms with E-state index < -0.39 is 0 Å². The lowest BCUT2D eigenvalue weighted by Crippen LogP contribution is -2.31. The summed E-state index contributed by atoms with van der Waals surface area (Å²) in [5.41, 5.74) is 2.50. The van der Waals surface area contributed by atoms with Crippen molar-refractivity contribution in [1.82, 2.24) is 10.3 Å². The van der Waals surface area contributed by atoms with Crippen molar-refractivity contribution in [3.8, 4) is 0 Å². The number of rotatable bonds is 6. The van der Waals surface area contributed by atoms with E-state index >= 15 is 0 Å². The summed E-state index contributed by atoms with van der Waals surface area (Å²) in [4.78, 5) is 15.1. The Morgan fingerprint density at radius 1 is 1.43 bits per heavy atom. The number of hydrogen-bond acceptors (Lipinski definition) is 1. The van der Waals surface area contributed by atoms with Crippen molar-refractivity contribution in [3.05, 3.63) is 35.0 Å². The first-order valence-corrected chi connectivity index (χ1v) is 8.06. The zero-order valence-electron chi connectivity index (χ0n) is 12.3. The molecule has 0 bridgehead atoms. The van der Waals surface area contributed by atoms with E-state index in [4.69, 9.17) is 11.6 Å². The van der Waals surface area contributed by atoms with Crippen LogP contribution < -0.4 is 5.32 Å². The van der Waals surface area contributed by atoms with Gasteiger partial charge in [0, 0.05) is 40.5 Å². The van der Waals surface area contributed by atoms with Crippen molar-refractivity contribution in [2.75, 3.05) is 6.54 Å². The van der Waals surface area contributed by atoms with Crippen LogP contribution >= 0.6 is 11.6 Å². The van der Waals surface area contributed by atoms with Gasteiger partial charge in [-0.25, -0.2) is 0 Å². The number of benzene rings is 1. The summed E-state index contributed by atoms with van der Waals surface area (Å²) in [6, 6.07) is 5.93. The van der Waals surface area contributed by atoms with E-state index in [0.29, 0.717) is 6.42 Å². The molecule has 1 amide bonds. The Morgan fingerprint density at radius 3 is 2.95 bits per heavy atom. The van der Waals surface area contributed by atoms with Crippen LogP contribution in [-0.2, 0) is 10.2 Å². The van der Waals surface area contributed by atoms with E-state index in [-0.39, 0.29) is 11.3 Å². The van der Waals surface area contributed by atoms with Gasteiger partial charge < -0.3 is 10.3 Å². The minimum absolute atomic E-state index is 0.102. The molecule has 1 fully saturated rings. The van der Waals surface area contributed by atoms with E-state index in [1.54, 1.807) is 0 Å². The number of aromatic amines is 1. The van der Waals surface area contributed by atoms with Crippen LogP contribution in [0.2, 0.25) is 5.02 Å². The quantitative estimate of drug-likeness (QED) is 0.827. The number of carbonyl (C=O) groups excluding carboxylic acids is 1. The summed E-state index contributed by atoms with van der Waals surface area (Å²) < 4.78 is 0. The second kappa shape index (κ2) is 5.72. The SMILES string of the molecule is CCCCC(=O)NCC1(c2c[nH]c3ccc(Cl)cc23)CC1. The Hall–Kier alpha value is -1.48. The van der Waals surface area contributed by atoms with Gasteiger partial charge in [0.25, 0.3) is 0 Å². The van der Waals surface area contributed by atoms with Crippen LogP contribution in [-0.4, -0.2) is 17.4 Å². The molecule has 1 aliphatic carbocycles. The van der Waals surface area contributed by atoms with E-state index in [0.717, 1.165) is 42.8 Å². The molecule has 1 heterocycles. The minimum Gasteiger partial charge on any atom is -0.361 e. The molecule has 0 saturated heterocycles. The van der Waals surface area contributed by atoms with Gasteiger partial charge in [0.15, 0.2) is 0 Å². The predicted octanol–water partition coefficient (Wildman–Crippen LogP) is 4.16. The molecule has 2 N–H and O–H groups in total. The number of halogens is 1. The summed E-state index contributed by atoms with van der Waals surface area (Å²) in [7, 11) is 0. The maximum atomic E-state index is 11.8. The van der Waals surface area contributed by atoms with Crippen LogP contribution in [0.1, 0.15) is 44.6 Å². The number of aromatic nitrogens is 1. The fraction of sp³-hybridized carbons (Fsp3) is 0.471. The highest BCUT2D eigenvalue weighted by molar-refractivity contribution is 6.31.